The fourth-order valence-electron chi connectivity index (χ4n) is 6.76. The number of nitrogens with zero attached hydrogens (tertiary/aromatic N) is 3. The number of hydrogen-bond donors (Lipinski definition) is 3. The van der Waals surface area contributed by atoms with Gasteiger partial charge in [-0.1, -0.05) is 26.5 Å². The number of allylic oxidation sites excluding steroid dienone is 8. The van der Waals surface area contributed by atoms with Gasteiger partial charge in [0.2, 0.25) is 0 Å². The van der Waals surface area contributed by atoms with Crippen molar-refractivity contribution in [3.8, 4) is 0 Å². The largest absolute Gasteiger partial charge is 0.511 e. The summed E-state index contributed by atoms with van der Waals surface area (Å²) in [6.07, 6.45) is 10.0. The van der Waals surface area contributed by atoms with Crippen LogP contribution in [0.1, 0.15) is 75.9 Å². The van der Waals surface area contributed by atoms with E-state index in [2.05, 4.69) is 51.4 Å². The molecule has 0 saturated carbocycles. The van der Waals surface area contributed by atoms with Crippen LogP contribution >= 0.6 is 0 Å². The molecule has 41 heavy (non-hydrogen) atoms. The highest BCUT2D eigenvalue weighted by Crippen LogP contribution is 2.43. The molecule has 2 unspecified atom stereocenters. The number of aromatic amines is 1. The van der Waals surface area contributed by atoms with Gasteiger partial charge in [-0.3, -0.25) is 9.79 Å². The lowest BCUT2D eigenvalue weighted by atomic mass is 9.78. The maximum Gasteiger partial charge on any atom is 0.172 e. The Kier molecular flexibility index (Phi) is 6.65. The Bertz CT molecular complexity index is 1710. The van der Waals surface area contributed by atoms with E-state index in [-0.39, 0.29) is 36.4 Å². The molecule has 7 heteroatoms. The minimum absolute atomic E-state index is 0.00885. The van der Waals surface area contributed by atoms with Crippen LogP contribution in [0.25, 0.3) is 18.2 Å². The molecule has 0 spiro atoms. The first-order valence-electron chi connectivity index (χ1n) is 14.4. The van der Waals surface area contributed by atoms with Crippen molar-refractivity contribution in [2.75, 3.05) is 6.61 Å². The second-order valence-corrected chi connectivity index (χ2v) is 11.4. The summed E-state index contributed by atoms with van der Waals surface area (Å²) < 4.78 is 0. The quantitative estimate of drug-likeness (QED) is 0.378. The lowest BCUT2D eigenvalue weighted by molar-refractivity contribution is -0.115. The Morgan fingerprint density at radius 2 is 1.80 bits per heavy atom. The summed E-state index contributed by atoms with van der Waals surface area (Å²) in [5.74, 6) is -0.137. The van der Waals surface area contributed by atoms with Gasteiger partial charge in [0.1, 0.15) is 5.76 Å². The number of fused-ring (bicyclic) bond motifs is 6. The normalized spacial score (nSPS) is 23.5. The predicted molar refractivity (Wildman–Crippen MR) is 166 cm³/mol. The molecule has 1 aliphatic carbocycles. The van der Waals surface area contributed by atoms with Crippen LogP contribution < -0.4 is 0 Å². The number of rotatable bonds is 5. The van der Waals surface area contributed by atoms with Gasteiger partial charge in [-0.15, -0.1) is 0 Å². The number of ketones is 1. The molecule has 6 rings (SSSR count). The number of carbonyl (C=O) groups excluding carboxylic acids is 1. The van der Waals surface area contributed by atoms with E-state index in [9.17, 15) is 15.0 Å². The minimum Gasteiger partial charge on any atom is -0.511 e. The zero-order valence-corrected chi connectivity index (χ0v) is 24.4. The van der Waals surface area contributed by atoms with Crippen LogP contribution in [0.15, 0.2) is 78.3 Å². The van der Waals surface area contributed by atoms with Gasteiger partial charge in [0.15, 0.2) is 5.78 Å². The lowest BCUT2D eigenvalue weighted by Gasteiger charge is -2.23. The third-order valence-electron chi connectivity index (χ3n) is 9.12. The monoisotopic (exact) mass is 548 g/mol. The van der Waals surface area contributed by atoms with Crippen LogP contribution in [0, 0.1) is 18.8 Å². The molecule has 210 valence electrons. The molecule has 0 amide bonds. The SMILES string of the molecule is C=Cc1c2[nH]c(c1C)C=C1N=C(C3=C(O)CC(=O)C4=C(C)C(=CC5=NC(=C2)C(C)=C5CC)N=C34)C(CCCO)C1C. The van der Waals surface area contributed by atoms with Gasteiger partial charge in [-0.2, -0.15) is 0 Å². The zero-order valence-electron chi connectivity index (χ0n) is 24.4. The number of carbonyl (C=O) groups is 1. The fraction of sp³-hybridized carbons (Fsp3) is 0.353. The van der Waals surface area contributed by atoms with Crippen molar-refractivity contribution in [3.63, 3.8) is 0 Å². The van der Waals surface area contributed by atoms with Gasteiger partial charge in [0.25, 0.3) is 0 Å². The average Bonchev–Trinajstić information content (AvgIpc) is 3.61. The van der Waals surface area contributed by atoms with E-state index in [1.54, 1.807) is 0 Å². The molecule has 5 aliphatic rings. The van der Waals surface area contributed by atoms with E-state index in [1.165, 1.54) is 0 Å². The Morgan fingerprint density at radius 1 is 1.05 bits per heavy atom. The first kappa shape index (κ1) is 27.1. The smallest absolute Gasteiger partial charge is 0.172 e. The molecule has 0 saturated heterocycles. The summed E-state index contributed by atoms with van der Waals surface area (Å²) in [7, 11) is 0. The molecule has 8 bridgehead atoms. The average molecular weight is 549 g/mol. The van der Waals surface area contributed by atoms with Crippen LogP contribution in [-0.4, -0.2) is 44.7 Å². The van der Waals surface area contributed by atoms with Crippen molar-refractivity contribution in [1.82, 2.24) is 4.98 Å². The molecule has 0 aromatic carbocycles. The minimum atomic E-state index is -0.138. The first-order chi connectivity index (χ1) is 19.7. The summed E-state index contributed by atoms with van der Waals surface area (Å²) in [4.78, 5) is 32.0. The van der Waals surface area contributed by atoms with E-state index >= 15 is 0 Å². The number of aliphatic imine (C=N–C) groups is 3. The van der Waals surface area contributed by atoms with Gasteiger partial charge in [0.05, 0.1) is 40.5 Å². The van der Waals surface area contributed by atoms with Crippen molar-refractivity contribution in [3.05, 3.63) is 85.9 Å². The predicted octanol–water partition coefficient (Wildman–Crippen LogP) is 6.76. The second-order valence-electron chi connectivity index (χ2n) is 11.4. The number of aliphatic hydroxyl groups is 2. The highest BCUT2D eigenvalue weighted by molar-refractivity contribution is 6.42. The Morgan fingerprint density at radius 3 is 2.51 bits per heavy atom. The van der Waals surface area contributed by atoms with E-state index in [4.69, 9.17) is 15.0 Å². The zero-order chi connectivity index (χ0) is 29.2. The number of Topliss-reactive ketones (excluding diaryl/α,β-unsaturated/α-hetero) is 1. The van der Waals surface area contributed by atoms with Crippen molar-refractivity contribution in [1.29, 1.82) is 0 Å². The van der Waals surface area contributed by atoms with E-state index in [0.717, 1.165) is 68.5 Å². The summed E-state index contributed by atoms with van der Waals surface area (Å²) in [5, 5.41) is 21.0. The molecular weight excluding hydrogens is 512 g/mol. The number of H-pyrrole nitrogens is 1. The van der Waals surface area contributed by atoms with Gasteiger partial charge < -0.3 is 15.2 Å². The van der Waals surface area contributed by atoms with Crippen LogP contribution in [0.4, 0.5) is 0 Å². The fourth-order valence-corrected chi connectivity index (χ4v) is 6.76. The Labute approximate surface area is 240 Å². The Hall–Kier alpha value is -4.10. The second kappa shape index (κ2) is 10.1. The van der Waals surface area contributed by atoms with E-state index in [1.807, 2.05) is 19.1 Å². The lowest BCUT2D eigenvalue weighted by Crippen LogP contribution is -2.30. The number of hydrogen-bond acceptors (Lipinski definition) is 6. The molecule has 4 aliphatic heterocycles. The molecule has 2 atom stereocenters. The number of aliphatic hydroxyl groups excluding tert-OH is 2. The van der Waals surface area contributed by atoms with Gasteiger partial charge in [-0.25, -0.2) is 9.98 Å². The van der Waals surface area contributed by atoms with Gasteiger partial charge in [0, 0.05) is 46.7 Å². The summed E-state index contributed by atoms with van der Waals surface area (Å²) >= 11 is 0. The summed E-state index contributed by atoms with van der Waals surface area (Å²) in [5.41, 5.74) is 12.6. The summed E-state index contributed by atoms with van der Waals surface area (Å²) in [6, 6.07) is 0. The highest BCUT2D eigenvalue weighted by atomic mass is 16.3. The third-order valence-corrected chi connectivity index (χ3v) is 9.12. The van der Waals surface area contributed by atoms with Gasteiger partial charge in [-0.05, 0) is 80.5 Å². The first-order valence-corrected chi connectivity index (χ1v) is 14.4. The maximum atomic E-state index is 13.3. The van der Waals surface area contributed by atoms with Crippen LogP contribution in [0.3, 0.4) is 0 Å². The molecule has 0 fully saturated rings. The molecule has 0 radical (unpaired) electrons. The van der Waals surface area contributed by atoms with E-state index < -0.39 is 0 Å². The third kappa shape index (κ3) is 4.13. The standard InChI is InChI=1S/C34H36N4O3/c1-7-20-16(3)23-12-25-18(5)22(10-9-11-39)33(37-25)32-30(41)15-29(40)31-19(6)26(38-34(31)32)14-28-21(8-2)17(4)24(36-28)13-27(20)35-23/h7,12-14,18,22,35,39,41H,1,8-11,15H2,2-6H3. The van der Waals surface area contributed by atoms with Crippen molar-refractivity contribution >= 4 is 41.1 Å². The topological polar surface area (TPSA) is 110 Å². The van der Waals surface area contributed by atoms with Crippen LogP contribution in [0.5, 0.6) is 0 Å². The number of aromatic nitrogens is 1. The number of nitrogens with one attached hydrogen (secondary N) is 1. The van der Waals surface area contributed by atoms with Crippen LogP contribution in [-0.2, 0) is 4.79 Å². The highest BCUT2D eigenvalue weighted by Gasteiger charge is 2.43. The maximum absolute atomic E-state index is 13.3. The molecule has 1 aromatic rings. The van der Waals surface area contributed by atoms with E-state index in [0.29, 0.717) is 35.4 Å². The molecule has 3 N–H and O–H groups in total. The van der Waals surface area contributed by atoms with Crippen molar-refractivity contribution in [2.45, 2.75) is 60.3 Å². The van der Waals surface area contributed by atoms with Crippen molar-refractivity contribution < 1.29 is 15.0 Å². The molecule has 1 aromatic heterocycles. The molecule has 5 heterocycles. The molecular formula is C34H36N4O3. The summed E-state index contributed by atoms with van der Waals surface area (Å²) in [6.45, 7) is 14.5. The van der Waals surface area contributed by atoms with Gasteiger partial charge >= 0.3 is 0 Å². The Balaban J connectivity index is 1.67. The molecule has 7 nitrogen and oxygen atoms in total. The van der Waals surface area contributed by atoms with Crippen LogP contribution in [0.2, 0.25) is 0 Å². The van der Waals surface area contributed by atoms with Crippen molar-refractivity contribution in [2.24, 2.45) is 26.8 Å².